The number of urea groups is 1. The maximum Gasteiger partial charge on any atom is 0.317 e. The molecule has 7 heteroatoms. The third-order valence-corrected chi connectivity index (χ3v) is 5.23. The maximum atomic E-state index is 12.4. The van der Waals surface area contributed by atoms with Crippen LogP contribution in [0.1, 0.15) is 38.3 Å². The highest BCUT2D eigenvalue weighted by Crippen LogP contribution is 2.35. The molecule has 2 amide bonds. The van der Waals surface area contributed by atoms with E-state index in [1.165, 1.54) is 5.69 Å². The Morgan fingerprint density at radius 2 is 2.20 bits per heavy atom. The van der Waals surface area contributed by atoms with E-state index in [0.717, 1.165) is 49.3 Å². The number of carbonyl (C=O) groups excluding carboxylic acids is 1. The molecule has 0 radical (unpaired) electrons. The minimum absolute atomic E-state index is 0.0464. The van der Waals surface area contributed by atoms with Gasteiger partial charge in [-0.2, -0.15) is 0 Å². The first-order chi connectivity index (χ1) is 12.2. The highest BCUT2D eigenvalue weighted by atomic mass is 16.2. The zero-order valence-corrected chi connectivity index (χ0v) is 14.7. The van der Waals surface area contributed by atoms with E-state index < -0.39 is 0 Å². The second-order valence-corrected chi connectivity index (χ2v) is 6.76. The Bertz CT molecular complexity index is 897. The molecule has 3 aromatic heterocycles. The van der Waals surface area contributed by atoms with Gasteiger partial charge in [0.15, 0.2) is 11.3 Å². The fraction of sp³-hybridized carbons (Fsp3) is 0.500. The molecular formula is C18H24N6O. The van der Waals surface area contributed by atoms with Crippen LogP contribution in [0.2, 0.25) is 0 Å². The fourth-order valence-electron chi connectivity index (χ4n) is 3.88. The Morgan fingerprint density at radius 3 is 3.00 bits per heavy atom. The zero-order chi connectivity index (χ0) is 17.4. The molecule has 132 valence electrons. The van der Waals surface area contributed by atoms with Gasteiger partial charge in [-0.15, -0.1) is 0 Å². The Hall–Kier alpha value is -2.57. The van der Waals surface area contributed by atoms with Crippen molar-refractivity contribution < 1.29 is 4.79 Å². The smallest absolute Gasteiger partial charge is 0.317 e. The lowest BCUT2D eigenvalue weighted by molar-refractivity contribution is 0.206. The van der Waals surface area contributed by atoms with Gasteiger partial charge in [-0.3, -0.25) is 4.40 Å². The van der Waals surface area contributed by atoms with Crippen LogP contribution in [0.4, 0.5) is 4.79 Å². The predicted octanol–water partition coefficient (Wildman–Crippen LogP) is 2.76. The fourth-order valence-corrected chi connectivity index (χ4v) is 3.88. The van der Waals surface area contributed by atoms with Crippen LogP contribution in [0, 0.1) is 5.92 Å². The van der Waals surface area contributed by atoms with Crippen molar-refractivity contribution in [1.82, 2.24) is 29.6 Å². The molecule has 4 rings (SSSR count). The zero-order valence-electron chi connectivity index (χ0n) is 14.7. The number of hydrogen-bond donors (Lipinski definition) is 2. The van der Waals surface area contributed by atoms with Gasteiger partial charge in [0.2, 0.25) is 0 Å². The third kappa shape index (κ3) is 2.63. The van der Waals surface area contributed by atoms with E-state index in [-0.39, 0.29) is 11.9 Å². The van der Waals surface area contributed by atoms with E-state index in [2.05, 4.69) is 38.5 Å². The van der Waals surface area contributed by atoms with Crippen molar-refractivity contribution in [2.24, 2.45) is 5.92 Å². The van der Waals surface area contributed by atoms with Crippen molar-refractivity contribution in [2.75, 3.05) is 19.6 Å². The van der Waals surface area contributed by atoms with Crippen molar-refractivity contribution in [1.29, 1.82) is 0 Å². The SMILES string of the molecule is CCCNC(=O)N1C[C@@H](CC)[C@@H](c2cnc3cnc4[nH]ccc4n23)C1. The van der Waals surface area contributed by atoms with Crippen molar-refractivity contribution in [3.8, 4) is 0 Å². The normalized spacial score (nSPS) is 20.6. The number of nitrogens with one attached hydrogen (secondary N) is 2. The lowest BCUT2D eigenvalue weighted by Crippen LogP contribution is -2.39. The van der Waals surface area contributed by atoms with Gasteiger partial charge in [-0.05, 0) is 18.4 Å². The molecule has 4 heterocycles. The summed E-state index contributed by atoms with van der Waals surface area (Å²) in [5.74, 6) is 0.724. The highest BCUT2D eigenvalue weighted by molar-refractivity contribution is 5.76. The summed E-state index contributed by atoms with van der Waals surface area (Å²) >= 11 is 0. The summed E-state index contributed by atoms with van der Waals surface area (Å²) < 4.78 is 2.18. The molecule has 1 aliphatic rings. The Morgan fingerprint density at radius 1 is 1.32 bits per heavy atom. The second-order valence-electron chi connectivity index (χ2n) is 6.76. The topological polar surface area (TPSA) is 78.3 Å². The van der Waals surface area contributed by atoms with E-state index in [1.54, 1.807) is 6.20 Å². The van der Waals surface area contributed by atoms with Gasteiger partial charge in [0.05, 0.1) is 11.7 Å². The van der Waals surface area contributed by atoms with Gasteiger partial charge < -0.3 is 15.2 Å². The van der Waals surface area contributed by atoms with Crippen molar-refractivity contribution in [2.45, 2.75) is 32.6 Å². The first-order valence-electron chi connectivity index (χ1n) is 9.05. The number of amides is 2. The van der Waals surface area contributed by atoms with Crippen LogP contribution in [-0.2, 0) is 0 Å². The molecule has 2 atom stereocenters. The molecular weight excluding hydrogens is 316 g/mol. The number of H-pyrrole nitrogens is 1. The molecule has 0 aromatic carbocycles. The number of aromatic amines is 1. The van der Waals surface area contributed by atoms with Crippen LogP contribution < -0.4 is 5.32 Å². The van der Waals surface area contributed by atoms with Gasteiger partial charge in [0.25, 0.3) is 0 Å². The van der Waals surface area contributed by atoms with Crippen LogP contribution in [0.3, 0.4) is 0 Å². The predicted molar refractivity (Wildman–Crippen MR) is 96.6 cm³/mol. The summed E-state index contributed by atoms with van der Waals surface area (Å²) in [5, 5.41) is 3.00. The number of carbonyl (C=O) groups is 1. The summed E-state index contributed by atoms with van der Waals surface area (Å²) in [6.07, 6.45) is 7.63. The Labute approximate surface area is 146 Å². The minimum Gasteiger partial charge on any atom is -0.345 e. The van der Waals surface area contributed by atoms with Gasteiger partial charge in [0, 0.05) is 43.6 Å². The number of imidazole rings is 1. The van der Waals surface area contributed by atoms with Crippen LogP contribution in [0.25, 0.3) is 16.8 Å². The van der Waals surface area contributed by atoms with E-state index in [1.807, 2.05) is 23.4 Å². The lowest BCUT2D eigenvalue weighted by atomic mass is 9.91. The summed E-state index contributed by atoms with van der Waals surface area (Å²) in [4.78, 5) is 26.5. The quantitative estimate of drug-likeness (QED) is 0.766. The van der Waals surface area contributed by atoms with Gasteiger partial charge in [0.1, 0.15) is 0 Å². The van der Waals surface area contributed by atoms with Gasteiger partial charge in [-0.25, -0.2) is 14.8 Å². The van der Waals surface area contributed by atoms with Crippen molar-refractivity contribution >= 4 is 22.8 Å². The summed E-state index contributed by atoms with van der Waals surface area (Å²) in [7, 11) is 0. The summed E-state index contributed by atoms with van der Waals surface area (Å²) in [6.45, 7) is 6.52. The lowest BCUT2D eigenvalue weighted by Gasteiger charge is -2.17. The number of likely N-dealkylation sites (tertiary alicyclic amines) is 1. The molecule has 25 heavy (non-hydrogen) atoms. The van der Waals surface area contributed by atoms with Gasteiger partial charge >= 0.3 is 6.03 Å². The molecule has 0 saturated carbocycles. The van der Waals surface area contributed by atoms with Crippen LogP contribution in [0.5, 0.6) is 0 Å². The molecule has 7 nitrogen and oxygen atoms in total. The molecule has 0 bridgehead atoms. The second kappa shape index (κ2) is 6.38. The van der Waals surface area contributed by atoms with Crippen molar-refractivity contribution in [3.63, 3.8) is 0 Å². The van der Waals surface area contributed by atoms with E-state index in [9.17, 15) is 4.79 Å². The first kappa shape index (κ1) is 15.9. The third-order valence-electron chi connectivity index (χ3n) is 5.23. The number of hydrogen-bond acceptors (Lipinski definition) is 3. The Balaban J connectivity index is 1.70. The van der Waals surface area contributed by atoms with Crippen LogP contribution in [0.15, 0.2) is 24.7 Å². The Kier molecular flexibility index (Phi) is 4.07. The summed E-state index contributed by atoms with van der Waals surface area (Å²) in [5.41, 5.74) is 3.91. The van der Waals surface area contributed by atoms with Gasteiger partial charge in [-0.1, -0.05) is 20.3 Å². The maximum absolute atomic E-state index is 12.4. The minimum atomic E-state index is 0.0464. The highest BCUT2D eigenvalue weighted by Gasteiger charge is 2.36. The summed E-state index contributed by atoms with van der Waals surface area (Å²) in [6, 6.07) is 2.08. The van der Waals surface area contributed by atoms with Crippen LogP contribution in [-0.4, -0.2) is 49.9 Å². The van der Waals surface area contributed by atoms with E-state index in [4.69, 9.17) is 0 Å². The van der Waals surface area contributed by atoms with E-state index in [0.29, 0.717) is 5.92 Å². The molecule has 1 aliphatic heterocycles. The number of nitrogens with zero attached hydrogens (tertiary/aromatic N) is 4. The monoisotopic (exact) mass is 340 g/mol. The average Bonchev–Trinajstić information content (AvgIpc) is 3.34. The largest absolute Gasteiger partial charge is 0.345 e. The molecule has 1 saturated heterocycles. The molecule has 0 unspecified atom stereocenters. The first-order valence-corrected chi connectivity index (χ1v) is 9.05. The van der Waals surface area contributed by atoms with E-state index >= 15 is 0 Å². The molecule has 3 aromatic rings. The number of aromatic nitrogens is 4. The number of fused-ring (bicyclic) bond motifs is 3. The van der Waals surface area contributed by atoms with Crippen LogP contribution >= 0.6 is 0 Å². The molecule has 1 fully saturated rings. The standard InChI is InChI=1S/C18H24N6O/c1-3-6-20-18(25)23-10-12(4-2)13(11-23)15-8-21-16-9-22-17-14(24(15)16)5-7-19-17/h5,7-9,12-13,19H,3-4,6,10-11H2,1-2H3,(H,20,25)/t12-,13+/m1/s1. The average molecular weight is 340 g/mol. The number of rotatable bonds is 4. The molecule has 0 aliphatic carbocycles. The molecule has 2 N–H and O–H groups in total. The molecule has 0 spiro atoms. The van der Waals surface area contributed by atoms with Crippen molar-refractivity contribution in [3.05, 3.63) is 30.4 Å².